The molecule has 8 nitrogen and oxygen atoms in total. The van der Waals surface area contributed by atoms with E-state index in [0.717, 1.165) is 21.8 Å². The number of aromatic nitrogens is 1. The number of methoxy groups -OCH3 is 1. The maximum Gasteiger partial charge on any atom is 0.308 e. The van der Waals surface area contributed by atoms with E-state index in [1.54, 1.807) is 37.4 Å². The Balaban J connectivity index is 1.46. The van der Waals surface area contributed by atoms with Crippen LogP contribution in [0.25, 0.3) is 0 Å². The van der Waals surface area contributed by atoms with Crippen molar-refractivity contribution in [3.8, 4) is 5.75 Å². The first-order valence-corrected chi connectivity index (χ1v) is 13.1. The Kier molecular flexibility index (Phi) is 6.04. The minimum atomic E-state index is -0.763. The molecule has 3 aromatic rings. The van der Waals surface area contributed by atoms with Gasteiger partial charge < -0.3 is 10.1 Å². The van der Waals surface area contributed by atoms with E-state index in [-0.39, 0.29) is 29.1 Å². The summed E-state index contributed by atoms with van der Waals surface area (Å²) < 4.78 is 6.61. The number of rotatable bonds is 5. The van der Waals surface area contributed by atoms with Gasteiger partial charge in [0, 0.05) is 16.0 Å². The molecule has 36 heavy (non-hydrogen) atoms. The summed E-state index contributed by atoms with van der Waals surface area (Å²) in [7, 11) is 1.55. The number of aryl methyl sites for hydroxylation is 1. The molecule has 186 valence electrons. The lowest BCUT2D eigenvalue weighted by molar-refractivity contribution is -0.123. The van der Waals surface area contributed by atoms with Gasteiger partial charge in [0.05, 0.1) is 23.7 Å². The lowest BCUT2D eigenvalue weighted by Crippen LogP contribution is -2.41. The van der Waals surface area contributed by atoms with Crippen LogP contribution in [0.15, 0.2) is 58.4 Å². The number of ether oxygens (including phenoxy) is 1. The van der Waals surface area contributed by atoms with Gasteiger partial charge in [0.15, 0.2) is 0 Å². The molecule has 0 spiro atoms. The van der Waals surface area contributed by atoms with Crippen LogP contribution in [-0.4, -0.2) is 34.6 Å². The summed E-state index contributed by atoms with van der Waals surface area (Å²) >= 11 is 2.24. The number of nitrogens with zero attached hydrogens (tertiary/aromatic N) is 2. The lowest BCUT2D eigenvalue weighted by atomic mass is 9.76. The van der Waals surface area contributed by atoms with Crippen molar-refractivity contribution in [2.24, 2.45) is 5.92 Å². The SMILES string of the molecule is COc1ccc(N2C(=O)[C@H]3Sc4c(sc(=O)n4CC(=O)Nc4ccccc4C)C(C)(C)[C@H]3C2=O)cc1. The van der Waals surface area contributed by atoms with Gasteiger partial charge in [-0.05, 0) is 42.8 Å². The molecule has 1 fully saturated rings. The lowest BCUT2D eigenvalue weighted by Gasteiger charge is -2.36. The number of carbonyl (C=O) groups is 3. The zero-order valence-electron chi connectivity index (χ0n) is 20.2. The fraction of sp³-hybridized carbons (Fsp3) is 0.308. The van der Waals surface area contributed by atoms with Crippen molar-refractivity contribution in [3.63, 3.8) is 0 Å². The second-order valence-electron chi connectivity index (χ2n) is 9.40. The van der Waals surface area contributed by atoms with Crippen LogP contribution in [0.1, 0.15) is 24.3 Å². The Hall–Kier alpha value is -3.37. The number of para-hydroxylation sites is 1. The molecular weight excluding hydrogens is 498 g/mol. The molecule has 0 radical (unpaired) electrons. The predicted octanol–water partition coefficient (Wildman–Crippen LogP) is 3.81. The zero-order chi connectivity index (χ0) is 25.8. The van der Waals surface area contributed by atoms with E-state index in [0.29, 0.717) is 22.2 Å². The third-order valence-electron chi connectivity index (χ3n) is 6.75. The summed E-state index contributed by atoms with van der Waals surface area (Å²) in [5.41, 5.74) is 1.31. The standard InChI is InChI=1S/C26H25N3O5S2/c1-14-7-5-6-8-17(14)27-18(30)13-28-24-21(36-25(28)33)26(2,3)19-20(35-24)23(32)29(22(19)31)15-9-11-16(34-4)12-10-15/h5-12,19-20H,13H2,1-4H3,(H,27,30)/t19-,20+/m1/s1. The molecule has 0 bridgehead atoms. The van der Waals surface area contributed by atoms with Crippen molar-refractivity contribution in [1.82, 2.24) is 4.57 Å². The minimum absolute atomic E-state index is 0.177. The monoisotopic (exact) mass is 523 g/mol. The first-order chi connectivity index (χ1) is 17.1. The first kappa shape index (κ1) is 24.3. The topological polar surface area (TPSA) is 97.7 Å². The molecule has 2 aliphatic heterocycles. The van der Waals surface area contributed by atoms with E-state index >= 15 is 0 Å². The number of hydrogen-bond acceptors (Lipinski definition) is 7. The molecule has 2 atom stereocenters. The number of fused-ring (bicyclic) bond motifs is 2. The summed E-state index contributed by atoms with van der Waals surface area (Å²) in [6, 6.07) is 14.2. The van der Waals surface area contributed by atoms with E-state index in [1.807, 2.05) is 39.0 Å². The predicted molar refractivity (Wildman–Crippen MR) is 140 cm³/mol. The normalized spacial score (nSPS) is 20.2. The third-order valence-corrected chi connectivity index (χ3v) is 9.58. The zero-order valence-corrected chi connectivity index (χ0v) is 21.9. The van der Waals surface area contributed by atoms with E-state index in [4.69, 9.17) is 4.74 Å². The molecular formula is C26H25N3O5S2. The van der Waals surface area contributed by atoms with Crippen LogP contribution in [0.3, 0.4) is 0 Å². The van der Waals surface area contributed by atoms with E-state index in [9.17, 15) is 19.2 Å². The van der Waals surface area contributed by atoms with Gasteiger partial charge in [-0.2, -0.15) is 0 Å². The van der Waals surface area contributed by atoms with Crippen LogP contribution in [0.4, 0.5) is 11.4 Å². The Labute approximate surface area is 216 Å². The second kappa shape index (κ2) is 8.94. The molecule has 0 unspecified atom stereocenters. The quantitative estimate of drug-likeness (QED) is 0.511. The maximum atomic E-state index is 13.6. The molecule has 5 rings (SSSR count). The van der Waals surface area contributed by atoms with Crippen LogP contribution >= 0.6 is 23.1 Å². The van der Waals surface area contributed by atoms with Gasteiger partial charge in [-0.15, -0.1) is 0 Å². The van der Waals surface area contributed by atoms with Crippen molar-refractivity contribution in [2.75, 3.05) is 17.3 Å². The number of benzene rings is 2. The van der Waals surface area contributed by atoms with Crippen molar-refractivity contribution in [2.45, 2.75) is 43.0 Å². The summed E-state index contributed by atoms with van der Waals surface area (Å²) in [5, 5.41) is 2.75. The van der Waals surface area contributed by atoms with Gasteiger partial charge in [0.1, 0.15) is 17.5 Å². The van der Waals surface area contributed by atoms with Gasteiger partial charge in [0.2, 0.25) is 17.7 Å². The van der Waals surface area contributed by atoms with Gasteiger partial charge in [-0.1, -0.05) is 55.1 Å². The second-order valence-corrected chi connectivity index (χ2v) is 11.5. The summed E-state index contributed by atoms with van der Waals surface area (Å²) in [4.78, 5) is 54.6. The molecule has 3 amide bonds. The van der Waals surface area contributed by atoms with E-state index in [1.165, 1.54) is 21.2 Å². The van der Waals surface area contributed by atoms with Crippen LogP contribution in [0, 0.1) is 12.8 Å². The average Bonchev–Trinajstić information content (AvgIpc) is 3.29. The molecule has 0 aliphatic carbocycles. The Morgan fingerprint density at radius 1 is 1.06 bits per heavy atom. The molecule has 1 N–H and O–H groups in total. The summed E-state index contributed by atoms with van der Waals surface area (Å²) in [5.74, 6) is -0.949. The Morgan fingerprint density at radius 3 is 2.42 bits per heavy atom. The largest absolute Gasteiger partial charge is 0.497 e. The fourth-order valence-electron chi connectivity index (χ4n) is 4.80. The van der Waals surface area contributed by atoms with Crippen LogP contribution in [0.5, 0.6) is 5.75 Å². The third kappa shape index (κ3) is 3.84. The minimum Gasteiger partial charge on any atom is -0.497 e. The van der Waals surface area contributed by atoms with Crippen LogP contribution in [0.2, 0.25) is 0 Å². The number of thiazole rings is 1. The summed E-state index contributed by atoms with van der Waals surface area (Å²) in [6.07, 6.45) is 0. The van der Waals surface area contributed by atoms with E-state index in [2.05, 4.69) is 5.32 Å². The molecule has 2 aliphatic rings. The average molecular weight is 524 g/mol. The highest BCUT2D eigenvalue weighted by atomic mass is 32.2. The highest BCUT2D eigenvalue weighted by Gasteiger charge is 2.59. The van der Waals surface area contributed by atoms with Gasteiger partial charge in [-0.3, -0.25) is 23.7 Å². The van der Waals surface area contributed by atoms with Crippen molar-refractivity contribution >= 4 is 52.2 Å². The van der Waals surface area contributed by atoms with Gasteiger partial charge in [0.25, 0.3) is 0 Å². The number of thioether (sulfide) groups is 1. The van der Waals surface area contributed by atoms with Crippen molar-refractivity contribution in [3.05, 3.63) is 68.6 Å². The van der Waals surface area contributed by atoms with E-state index < -0.39 is 16.6 Å². The number of amides is 3. The van der Waals surface area contributed by atoms with Gasteiger partial charge >= 0.3 is 4.87 Å². The van der Waals surface area contributed by atoms with Crippen molar-refractivity contribution in [1.29, 1.82) is 0 Å². The Bertz CT molecular complexity index is 1440. The van der Waals surface area contributed by atoms with Crippen LogP contribution < -0.4 is 19.8 Å². The first-order valence-electron chi connectivity index (χ1n) is 11.4. The highest BCUT2D eigenvalue weighted by molar-refractivity contribution is 8.00. The van der Waals surface area contributed by atoms with Crippen LogP contribution in [-0.2, 0) is 26.3 Å². The number of carbonyl (C=O) groups excluding carboxylic acids is 3. The number of imide groups is 1. The molecule has 1 aromatic heterocycles. The molecule has 2 aromatic carbocycles. The summed E-state index contributed by atoms with van der Waals surface area (Å²) in [6.45, 7) is 5.49. The Morgan fingerprint density at radius 2 is 1.75 bits per heavy atom. The molecule has 10 heteroatoms. The molecule has 1 saturated heterocycles. The smallest absolute Gasteiger partial charge is 0.308 e. The maximum absolute atomic E-state index is 13.6. The number of hydrogen-bond donors (Lipinski definition) is 1. The van der Waals surface area contributed by atoms with Crippen molar-refractivity contribution < 1.29 is 19.1 Å². The molecule has 3 heterocycles. The fourth-order valence-corrected chi connectivity index (χ4v) is 7.84. The number of anilines is 2. The molecule has 0 saturated carbocycles. The number of nitrogens with one attached hydrogen (secondary N) is 1. The van der Waals surface area contributed by atoms with Gasteiger partial charge in [-0.25, -0.2) is 4.90 Å². The highest BCUT2D eigenvalue weighted by Crippen LogP contribution is 2.54.